The number of aryl methyl sites for hydroxylation is 1. The van der Waals surface area contributed by atoms with E-state index in [-0.39, 0.29) is 18.3 Å². The number of fused-ring (bicyclic) bond motifs is 1. The minimum absolute atomic E-state index is 0.117. The van der Waals surface area contributed by atoms with Gasteiger partial charge in [0, 0.05) is 18.7 Å². The first-order valence-electron chi connectivity index (χ1n) is 9.79. The molecule has 0 spiro atoms. The van der Waals surface area contributed by atoms with Crippen LogP contribution >= 0.6 is 11.3 Å². The van der Waals surface area contributed by atoms with Crippen LogP contribution in [0.2, 0.25) is 0 Å². The third-order valence-corrected chi connectivity index (χ3v) is 6.06. The van der Waals surface area contributed by atoms with E-state index in [1.807, 2.05) is 32.0 Å². The fraction of sp³-hybridized carbons (Fsp3) is 0.217. The van der Waals surface area contributed by atoms with Gasteiger partial charge in [-0.1, -0.05) is 12.1 Å². The van der Waals surface area contributed by atoms with Gasteiger partial charge in [-0.2, -0.15) is 0 Å². The Morgan fingerprint density at radius 2 is 1.94 bits per heavy atom. The van der Waals surface area contributed by atoms with Crippen molar-refractivity contribution in [2.24, 2.45) is 0 Å². The molecular weight excluding hydrogens is 419 g/mol. The Bertz CT molecular complexity index is 1140. The smallest absolute Gasteiger partial charge is 0.264 e. The maximum atomic E-state index is 13.4. The normalized spacial score (nSPS) is 12.0. The molecule has 3 aromatic rings. The summed E-state index contributed by atoms with van der Waals surface area (Å²) in [5.41, 5.74) is 1.93. The summed E-state index contributed by atoms with van der Waals surface area (Å²) in [5.74, 6) is 0.357. The number of amides is 2. The van der Waals surface area contributed by atoms with E-state index in [0.29, 0.717) is 34.5 Å². The van der Waals surface area contributed by atoms with Gasteiger partial charge in [-0.15, -0.1) is 11.3 Å². The number of halogens is 1. The van der Waals surface area contributed by atoms with Crippen LogP contribution in [0.1, 0.15) is 38.1 Å². The second-order valence-corrected chi connectivity index (χ2v) is 8.15. The van der Waals surface area contributed by atoms with Crippen molar-refractivity contribution in [3.63, 3.8) is 0 Å². The number of thiophene rings is 1. The number of carbonyl (C=O) groups is 2. The molecule has 6 nitrogen and oxygen atoms in total. The van der Waals surface area contributed by atoms with Gasteiger partial charge in [-0.05, 0) is 61.4 Å². The van der Waals surface area contributed by atoms with Crippen molar-refractivity contribution < 1.29 is 23.5 Å². The quantitative estimate of drug-likeness (QED) is 0.596. The molecule has 0 saturated heterocycles. The van der Waals surface area contributed by atoms with Crippen molar-refractivity contribution in [2.75, 3.05) is 18.7 Å². The topological polar surface area (TPSA) is 67.9 Å². The van der Waals surface area contributed by atoms with E-state index in [1.165, 1.54) is 35.6 Å². The fourth-order valence-electron chi connectivity index (χ4n) is 3.30. The minimum Gasteiger partial charge on any atom is -0.454 e. The molecule has 0 bridgehead atoms. The van der Waals surface area contributed by atoms with E-state index in [1.54, 1.807) is 11.0 Å². The number of rotatable bonds is 6. The van der Waals surface area contributed by atoms with Crippen LogP contribution in [-0.2, 0) is 6.54 Å². The Balaban J connectivity index is 1.48. The van der Waals surface area contributed by atoms with Crippen LogP contribution in [0.4, 0.5) is 9.39 Å². The number of hydrogen-bond donors (Lipinski definition) is 1. The van der Waals surface area contributed by atoms with E-state index >= 15 is 0 Å². The van der Waals surface area contributed by atoms with Crippen LogP contribution in [-0.4, -0.2) is 30.1 Å². The van der Waals surface area contributed by atoms with Gasteiger partial charge in [0.1, 0.15) is 5.82 Å². The first-order valence-corrected chi connectivity index (χ1v) is 10.6. The molecule has 2 aromatic carbocycles. The van der Waals surface area contributed by atoms with Gasteiger partial charge >= 0.3 is 0 Å². The fourth-order valence-corrected chi connectivity index (χ4v) is 4.34. The maximum Gasteiger partial charge on any atom is 0.264 e. The molecule has 2 amide bonds. The first-order chi connectivity index (χ1) is 14.9. The number of nitrogens with one attached hydrogen (secondary N) is 1. The lowest BCUT2D eigenvalue weighted by atomic mass is 10.1. The zero-order valence-corrected chi connectivity index (χ0v) is 17.9. The summed E-state index contributed by atoms with van der Waals surface area (Å²) in [6.07, 6.45) is 0. The van der Waals surface area contributed by atoms with Gasteiger partial charge < -0.3 is 19.7 Å². The van der Waals surface area contributed by atoms with Crippen LogP contribution in [0.25, 0.3) is 0 Å². The third kappa shape index (κ3) is 4.54. The molecule has 1 aliphatic heterocycles. The van der Waals surface area contributed by atoms with E-state index in [2.05, 4.69) is 5.32 Å². The van der Waals surface area contributed by atoms with E-state index < -0.39 is 11.7 Å². The molecule has 0 radical (unpaired) electrons. The van der Waals surface area contributed by atoms with Crippen LogP contribution in [0, 0.1) is 12.7 Å². The van der Waals surface area contributed by atoms with Crippen molar-refractivity contribution in [1.29, 1.82) is 0 Å². The molecule has 1 aromatic heterocycles. The average Bonchev–Trinajstić information content (AvgIpc) is 3.37. The third-order valence-electron chi connectivity index (χ3n) is 4.91. The molecule has 0 unspecified atom stereocenters. The SMILES string of the molecule is CCN(Cc1ccc2c(c1)OCO2)C(=O)c1sc(NC(=O)c2cccc(F)c2)cc1C. The number of benzene rings is 2. The van der Waals surface area contributed by atoms with Gasteiger partial charge in [0.15, 0.2) is 11.5 Å². The highest BCUT2D eigenvalue weighted by Gasteiger charge is 2.22. The standard InChI is InChI=1S/C23H21FN2O4S/c1-3-26(12-15-7-8-18-19(10-15)30-13-29-18)23(28)21-14(2)9-20(31-21)25-22(27)16-5-4-6-17(24)11-16/h4-11H,3,12-13H2,1-2H3,(H,25,27). The second kappa shape index (κ2) is 8.77. The largest absolute Gasteiger partial charge is 0.454 e. The number of anilines is 1. The molecule has 2 heterocycles. The molecule has 0 fully saturated rings. The van der Waals surface area contributed by atoms with Crippen LogP contribution in [0.15, 0.2) is 48.5 Å². The van der Waals surface area contributed by atoms with Crippen molar-refractivity contribution in [3.8, 4) is 11.5 Å². The van der Waals surface area contributed by atoms with Gasteiger partial charge in [0.25, 0.3) is 11.8 Å². The number of carbonyl (C=O) groups excluding carboxylic acids is 2. The molecule has 160 valence electrons. The summed E-state index contributed by atoms with van der Waals surface area (Å²) in [6.45, 7) is 4.90. The molecule has 0 saturated carbocycles. The number of hydrogen-bond acceptors (Lipinski definition) is 5. The molecule has 1 aliphatic rings. The van der Waals surface area contributed by atoms with Gasteiger partial charge in [-0.3, -0.25) is 9.59 Å². The van der Waals surface area contributed by atoms with Gasteiger partial charge in [0.2, 0.25) is 6.79 Å². The molecule has 4 rings (SSSR count). The van der Waals surface area contributed by atoms with Gasteiger partial charge in [0.05, 0.1) is 9.88 Å². The second-order valence-electron chi connectivity index (χ2n) is 7.09. The average molecular weight is 440 g/mol. The summed E-state index contributed by atoms with van der Waals surface area (Å²) >= 11 is 1.21. The van der Waals surface area contributed by atoms with Crippen molar-refractivity contribution in [3.05, 3.63) is 75.9 Å². The van der Waals surface area contributed by atoms with Crippen molar-refractivity contribution >= 4 is 28.2 Å². The minimum atomic E-state index is -0.479. The molecule has 31 heavy (non-hydrogen) atoms. The Hall–Kier alpha value is -3.39. The summed E-state index contributed by atoms with van der Waals surface area (Å²) in [6, 6.07) is 12.9. The Kier molecular flexibility index (Phi) is 5.90. The first kappa shape index (κ1) is 20.9. The predicted octanol–water partition coefficient (Wildman–Crippen LogP) is 4.84. The zero-order valence-electron chi connectivity index (χ0n) is 17.1. The monoisotopic (exact) mass is 440 g/mol. The van der Waals surface area contributed by atoms with E-state index in [9.17, 15) is 14.0 Å². The van der Waals surface area contributed by atoms with Crippen LogP contribution in [0.3, 0.4) is 0 Å². The number of nitrogens with zero attached hydrogens (tertiary/aromatic N) is 1. The summed E-state index contributed by atoms with van der Waals surface area (Å²) < 4.78 is 24.1. The molecule has 8 heteroatoms. The van der Waals surface area contributed by atoms with Crippen LogP contribution in [0.5, 0.6) is 11.5 Å². The summed E-state index contributed by atoms with van der Waals surface area (Å²) in [5, 5.41) is 3.28. The molecule has 0 aliphatic carbocycles. The lowest BCUT2D eigenvalue weighted by molar-refractivity contribution is 0.0756. The maximum absolute atomic E-state index is 13.4. The molecule has 1 N–H and O–H groups in total. The van der Waals surface area contributed by atoms with E-state index in [0.717, 1.165) is 11.1 Å². The lowest BCUT2D eigenvalue weighted by Gasteiger charge is -2.21. The van der Waals surface area contributed by atoms with E-state index in [4.69, 9.17) is 9.47 Å². The summed E-state index contributed by atoms with van der Waals surface area (Å²) in [7, 11) is 0. The predicted molar refractivity (Wildman–Crippen MR) is 116 cm³/mol. The Labute approximate surface area is 183 Å². The number of ether oxygens (including phenoxy) is 2. The van der Waals surface area contributed by atoms with Gasteiger partial charge in [-0.25, -0.2) is 4.39 Å². The zero-order chi connectivity index (χ0) is 22.0. The highest BCUT2D eigenvalue weighted by Crippen LogP contribution is 2.33. The Morgan fingerprint density at radius 3 is 2.71 bits per heavy atom. The highest BCUT2D eigenvalue weighted by atomic mass is 32.1. The Morgan fingerprint density at radius 1 is 1.13 bits per heavy atom. The van der Waals surface area contributed by atoms with Crippen molar-refractivity contribution in [1.82, 2.24) is 4.90 Å². The summed E-state index contributed by atoms with van der Waals surface area (Å²) in [4.78, 5) is 27.8. The highest BCUT2D eigenvalue weighted by molar-refractivity contribution is 7.18. The lowest BCUT2D eigenvalue weighted by Crippen LogP contribution is -2.30. The van der Waals surface area contributed by atoms with Crippen LogP contribution < -0.4 is 14.8 Å². The van der Waals surface area contributed by atoms with Crippen molar-refractivity contribution in [2.45, 2.75) is 20.4 Å². The molecule has 0 atom stereocenters. The molecular formula is C23H21FN2O4S.